The number of rotatable bonds is 6. The summed E-state index contributed by atoms with van der Waals surface area (Å²) in [6.07, 6.45) is 1.92. The van der Waals surface area contributed by atoms with Gasteiger partial charge in [-0.2, -0.15) is 0 Å². The summed E-state index contributed by atoms with van der Waals surface area (Å²) >= 11 is 12.6. The minimum atomic E-state index is -1.29. The monoisotopic (exact) mass is 592 g/mol. The van der Waals surface area contributed by atoms with Gasteiger partial charge in [0.25, 0.3) is 0 Å². The quantitative estimate of drug-likeness (QED) is 0.418. The Morgan fingerprint density at radius 3 is 2.58 bits per heavy atom. The SMILES string of the molecule is CC(C)(C)CC1NC(C(=O)NC2CCN(CCF)CC2)C(c2cccc(Cl)c2F)C12C(=O)Nc1cc(Cl)ccc12. The average molecular weight is 594 g/mol. The standard InChI is InChI=1S/C30H36Cl2F2N4O2/c1-29(2,3)16-23-30(20-8-7-17(31)15-22(20)36-28(30)40)24(19-5-4-6-21(32)25(19)34)26(37-23)27(39)35-18-9-12-38(13-10-18)14-11-33/h4-8,15,18,23-24,26,37H,9-14,16H2,1-3H3,(H,35,39)(H,36,40). The molecular formula is C30H36Cl2F2N4O2. The molecule has 1 spiro atoms. The van der Waals surface area contributed by atoms with Gasteiger partial charge in [0.05, 0.1) is 11.1 Å². The van der Waals surface area contributed by atoms with Gasteiger partial charge in [-0.3, -0.25) is 9.59 Å². The van der Waals surface area contributed by atoms with Crippen molar-refractivity contribution in [3.05, 3.63) is 63.4 Å². The molecule has 2 aromatic carbocycles. The lowest BCUT2D eigenvalue weighted by molar-refractivity contribution is -0.124. The Bertz CT molecular complexity index is 1290. The Hall–Kier alpha value is -2.26. The van der Waals surface area contributed by atoms with Crippen LogP contribution < -0.4 is 16.0 Å². The summed E-state index contributed by atoms with van der Waals surface area (Å²) in [5.41, 5.74) is -0.0423. The molecule has 2 aromatic rings. The van der Waals surface area contributed by atoms with Crippen LogP contribution in [0.5, 0.6) is 0 Å². The number of alkyl halides is 1. The molecule has 0 aromatic heterocycles. The zero-order valence-electron chi connectivity index (χ0n) is 23.0. The van der Waals surface area contributed by atoms with Crippen molar-refractivity contribution in [3.63, 3.8) is 0 Å². The van der Waals surface area contributed by atoms with E-state index in [-0.39, 0.29) is 33.9 Å². The number of halogens is 4. The Morgan fingerprint density at radius 2 is 1.90 bits per heavy atom. The van der Waals surface area contributed by atoms with Gasteiger partial charge in [-0.15, -0.1) is 0 Å². The molecule has 0 bridgehead atoms. The first kappa shape index (κ1) is 29.2. The highest BCUT2D eigenvalue weighted by Gasteiger charge is 2.66. The molecule has 40 heavy (non-hydrogen) atoms. The molecule has 3 aliphatic heterocycles. The lowest BCUT2D eigenvalue weighted by Gasteiger charge is -2.38. The molecule has 216 valence electrons. The van der Waals surface area contributed by atoms with Gasteiger partial charge in [0.15, 0.2) is 0 Å². The second kappa shape index (κ2) is 11.2. The zero-order chi connectivity index (χ0) is 28.8. The number of carbonyl (C=O) groups excluding carboxylic acids is 2. The summed E-state index contributed by atoms with van der Waals surface area (Å²) in [7, 11) is 0. The number of anilines is 1. The van der Waals surface area contributed by atoms with Crippen LogP contribution in [0, 0.1) is 11.2 Å². The molecular weight excluding hydrogens is 557 g/mol. The predicted octanol–water partition coefficient (Wildman–Crippen LogP) is 5.43. The van der Waals surface area contributed by atoms with Gasteiger partial charge in [0, 0.05) is 48.3 Å². The van der Waals surface area contributed by atoms with Gasteiger partial charge in [-0.25, -0.2) is 8.78 Å². The topological polar surface area (TPSA) is 73.5 Å². The number of amides is 2. The molecule has 5 rings (SSSR count). The molecule has 10 heteroatoms. The van der Waals surface area contributed by atoms with Crippen molar-refractivity contribution < 1.29 is 18.4 Å². The molecule has 2 saturated heterocycles. The van der Waals surface area contributed by atoms with Gasteiger partial charge < -0.3 is 20.9 Å². The normalized spacial score (nSPS) is 27.2. The smallest absolute Gasteiger partial charge is 0.238 e. The third-order valence-corrected chi connectivity index (χ3v) is 9.08. The Balaban J connectivity index is 1.60. The minimum Gasteiger partial charge on any atom is -0.352 e. The molecule has 4 unspecified atom stereocenters. The van der Waals surface area contributed by atoms with Gasteiger partial charge in [0.1, 0.15) is 17.9 Å². The number of hydrogen-bond acceptors (Lipinski definition) is 4. The summed E-state index contributed by atoms with van der Waals surface area (Å²) in [4.78, 5) is 30.3. The van der Waals surface area contributed by atoms with E-state index < -0.39 is 35.9 Å². The van der Waals surface area contributed by atoms with Crippen LogP contribution in [0.4, 0.5) is 14.5 Å². The predicted molar refractivity (Wildman–Crippen MR) is 154 cm³/mol. The average Bonchev–Trinajstić information content (AvgIpc) is 3.36. The highest BCUT2D eigenvalue weighted by molar-refractivity contribution is 6.31. The Kier molecular flexibility index (Phi) is 8.18. The molecule has 2 amide bonds. The fourth-order valence-electron chi connectivity index (χ4n) is 6.86. The maximum atomic E-state index is 15.9. The van der Waals surface area contributed by atoms with Crippen molar-refractivity contribution >= 4 is 40.7 Å². The van der Waals surface area contributed by atoms with Crippen LogP contribution in [0.15, 0.2) is 36.4 Å². The second-order valence-electron chi connectivity index (χ2n) is 12.4. The molecule has 6 nitrogen and oxygen atoms in total. The van der Waals surface area contributed by atoms with Gasteiger partial charge in [0.2, 0.25) is 11.8 Å². The summed E-state index contributed by atoms with van der Waals surface area (Å²) in [6.45, 7) is 7.58. The van der Waals surface area contributed by atoms with Crippen LogP contribution in [0.2, 0.25) is 10.0 Å². The maximum absolute atomic E-state index is 15.9. The Labute approximate surface area is 244 Å². The largest absolute Gasteiger partial charge is 0.352 e. The van der Waals surface area contributed by atoms with Gasteiger partial charge >= 0.3 is 0 Å². The third-order valence-electron chi connectivity index (χ3n) is 8.56. The molecule has 3 N–H and O–H groups in total. The lowest BCUT2D eigenvalue weighted by atomic mass is 9.62. The first-order valence-electron chi connectivity index (χ1n) is 13.9. The number of nitrogens with one attached hydrogen (secondary N) is 3. The molecule has 0 radical (unpaired) electrons. The molecule has 3 aliphatic rings. The highest BCUT2D eigenvalue weighted by atomic mass is 35.5. The van der Waals surface area contributed by atoms with Crippen molar-refractivity contribution in [3.8, 4) is 0 Å². The minimum absolute atomic E-state index is 0.0685. The van der Waals surface area contributed by atoms with Crippen molar-refractivity contribution in [2.75, 3.05) is 31.6 Å². The van der Waals surface area contributed by atoms with E-state index in [1.54, 1.807) is 24.3 Å². The third kappa shape index (κ3) is 5.24. The van der Waals surface area contributed by atoms with Gasteiger partial charge in [-0.1, -0.05) is 62.2 Å². The van der Waals surface area contributed by atoms with E-state index >= 15 is 4.39 Å². The maximum Gasteiger partial charge on any atom is 0.238 e. The number of fused-ring (bicyclic) bond motifs is 2. The summed E-state index contributed by atoms with van der Waals surface area (Å²) in [5.74, 6) is -2.11. The molecule has 2 fully saturated rings. The number of nitrogens with zero attached hydrogens (tertiary/aromatic N) is 1. The molecule has 4 atom stereocenters. The number of hydrogen-bond donors (Lipinski definition) is 3. The molecule has 0 saturated carbocycles. The molecule has 0 aliphatic carbocycles. The lowest BCUT2D eigenvalue weighted by Crippen LogP contribution is -2.51. The fraction of sp³-hybridized carbons (Fsp3) is 0.533. The Morgan fingerprint density at radius 1 is 1.18 bits per heavy atom. The van der Waals surface area contributed by atoms with Crippen LogP contribution in [-0.4, -0.2) is 61.1 Å². The van der Waals surface area contributed by atoms with E-state index in [0.717, 1.165) is 0 Å². The van der Waals surface area contributed by atoms with Crippen molar-refractivity contribution in [1.82, 2.24) is 15.5 Å². The van der Waals surface area contributed by atoms with E-state index in [1.807, 2.05) is 11.0 Å². The van der Waals surface area contributed by atoms with Crippen molar-refractivity contribution in [1.29, 1.82) is 0 Å². The van der Waals surface area contributed by atoms with E-state index in [2.05, 4.69) is 36.7 Å². The zero-order valence-corrected chi connectivity index (χ0v) is 24.5. The summed E-state index contributed by atoms with van der Waals surface area (Å²) in [5, 5.41) is 10.1. The number of piperidine rings is 1. The van der Waals surface area contributed by atoms with E-state index in [4.69, 9.17) is 23.2 Å². The number of benzene rings is 2. The first-order chi connectivity index (χ1) is 19.0. The number of carbonyl (C=O) groups is 2. The van der Waals surface area contributed by atoms with Crippen molar-refractivity contribution in [2.45, 2.75) is 69.5 Å². The first-order valence-corrected chi connectivity index (χ1v) is 14.6. The van der Waals surface area contributed by atoms with Crippen molar-refractivity contribution in [2.24, 2.45) is 5.41 Å². The van der Waals surface area contributed by atoms with Crippen LogP contribution in [0.25, 0.3) is 0 Å². The van der Waals surface area contributed by atoms with Gasteiger partial charge in [-0.05, 0) is 54.0 Å². The number of likely N-dealkylation sites (tertiary alicyclic amines) is 1. The summed E-state index contributed by atoms with van der Waals surface area (Å²) in [6, 6.07) is 8.46. The highest BCUT2D eigenvalue weighted by Crippen LogP contribution is 2.57. The summed E-state index contributed by atoms with van der Waals surface area (Å²) < 4.78 is 28.7. The second-order valence-corrected chi connectivity index (χ2v) is 13.3. The van der Waals surface area contributed by atoms with Crippen LogP contribution >= 0.6 is 23.2 Å². The van der Waals surface area contributed by atoms with E-state index in [1.165, 1.54) is 6.07 Å². The van der Waals surface area contributed by atoms with Crippen LogP contribution in [0.1, 0.15) is 57.1 Å². The van der Waals surface area contributed by atoms with E-state index in [9.17, 15) is 14.0 Å². The fourth-order valence-corrected chi connectivity index (χ4v) is 7.22. The molecule has 3 heterocycles. The van der Waals surface area contributed by atoms with E-state index in [0.29, 0.717) is 55.2 Å². The van der Waals surface area contributed by atoms with Crippen LogP contribution in [-0.2, 0) is 15.0 Å². The van der Waals surface area contributed by atoms with Crippen LogP contribution in [0.3, 0.4) is 0 Å².